The molecular weight excluding hydrogens is 276 g/mol. The van der Waals surface area contributed by atoms with Crippen LogP contribution in [0.4, 0.5) is 0 Å². The van der Waals surface area contributed by atoms with E-state index in [1.165, 1.54) is 0 Å². The van der Waals surface area contributed by atoms with Crippen LogP contribution in [0, 0.1) is 6.92 Å². The van der Waals surface area contributed by atoms with E-state index in [0.29, 0.717) is 10.7 Å². The van der Waals surface area contributed by atoms with Crippen LogP contribution in [0.5, 0.6) is 0 Å². The van der Waals surface area contributed by atoms with Gasteiger partial charge in [0.05, 0.1) is 5.69 Å². The number of hydrogen-bond acceptors (Lipinski definition) is 3. The number of aromatic nitrogens is 1. The first-order chi connectivity index (χ1) is 9.47. The molecule has 0 unspecified atom stereocenters. The molecule has 2 aromatic rings. The molecule has 1 aromatic carbocycles. The predicted molar refractivity (Wildman–Crippen MR) is 78.0 cm³/mol. The maximum absolute atomic E-state index is 12.2. The van der Waals surface area contributed by atoms with Crippen LogP contribution in [-0.4, -0.2) is 29.1 Å². The molecule has 0 aliphatic rings. The van der Waals surface area contributed by atoms with Crippen molar-refractivity contribution in [1.82, 2.24) is 10.1 Å². The van der Waals surface area contributed by atoms with Crippen molar-refractivity contribution in [3.63, 3.8) is 0 Å². The molecule has 0 N–H and O–H groups in total. The first-order valence-electron chi connectivity index (χ1n) is 6.42. The fourth-order valence-corrected chi connectivity index (χ4v) is 2.06. The summed E-state index contributed by atoms with van der Waals surface area (Å²) in [6, 6.07) is 9.34. The largest absolute Gasteiger partial charge is 0.351 e. The molecule has 1 aromatic heterocycles. The maximum atomic E-state index is 12.2. The van der Waals surface area contributed by atoms with Crippen LogP contribution in [0.1, 0.15) is 28.7 Å². The molecule has 4 nitrogen and oxygen atoms in total. The van der Waals surface area contributed by atoms with Gasteiger partial charge >= 0.3 is 0 Å². The Morgan fingerprint density at radius 1 is 1.40 bits per heavy atom. The van der Waals surface area contributed by atoms with Gasteiger partial charge in [-0.2, -0.15) is 0 Å². The minimum atomic E-state index is -0.160. The van der Waals surface area contributed by atoms with Gasteiger partial charge in [0.1, 0.15) is 0 Å². The lowest BCUT2D eigenvalue weighted by Gasteiger charge is -2.23. The maximum Gasteiger partial charge on any atom is 0.292 e. The van der Waals surface area contributed by atoms with Gasteiger partial charge in [-0.1, -0.05) is 28.9 Å². The number of nitrogens with zero attached hydrogens (tertiary/aromatic N) is 2. The van der Waals surface area contributed by atoms with Crippen LogP contribution in [0.25, 0.3) is 0 Å². The molecule has 0 spiro atoms. The van der Waals surface area contributed by atoms with Gasteiger partial charge in [0.2, 0.25) is 5.76 Å². The van der Waals surface area contributed by atoms with Crippen molar-refractivity contribution in [2.75, 3.05) is 7.05 Å². The molecule has 5 heteroatoms. The number of rotatable bonds is 4. The third-order valence-electron chi connectivity index (χ3n) is 3.26. The fourth-order valence-electron chi connectivity index (χ4n) is 1.94. The number of carbonyl (C=O) groups is 1. The van der Waals surface area contributed by atoms with Crippen LogP contribution in [0.15, 0.2) is 34.9 Å². The van der Waals surface area contributed by atoms with E-state index in [-0.39, 0.29) is 17.7 Å². The number of benzene rings is 1. The molecule has 1 amide bonds. The first-order valence-corrected chi connectivity index (χ1v) is 6.80. The standard InChI is InChI=1S/C15H17ClN2O2/c1-10-8-14(20-17-10)15(19)18(3)11(2)9-12-4-6-13(16)7-5-12/h4-8,11H,9H2,1-3H3/t11-/m0/s1. The second kappa shape index (κ2) is 6.09. The molecule has 0 saturated carbocycles. The van der Waals surface area contributed by atoms with E-state index in [1.807, 2.05) is 31.2 Å². The van der Waals surface area contributed by atoms with Gasteiger partial charge in [0, 0.05) is 24.2 Å². The molecule has 0 saturated heterocycles. The molecular formula is C15H17ClN2O2. The zero-order chi connectivity index (χ0) is 14.7. The van der Waals surface area contributed by atoms with Gasteiger partial charge in [-0.05, 0) is 38.0 Å². The number of aryl methyl sites for hydroxylation is 1. The van der Waals surface area contributed by atoms with Gasteiger partial charge in [0.25, 0.3) is 5.91 Å². The highest BCUT2D eigenvalue weighted by molar-refractivity contribution is 6.30. The van der Waals surface area contributed by atoms with Gasteiger partial charge in [-0.15, -0.1) is 0 Å². The molecule has 0 bridgehead atoms. The van der Waals surface area contributed by atoms with E-state index in [1.54, 1.807) is 24.9 Å². The lowest BCUT2D eigenvalue weighted by atomic mass is 10.1. The van der Waals surface area contributed by atoms with Crippen molar-refractivity contribution < 1.29 is 9.32 Å². The van der Waals surface area contributed by atoms with Gasteiger partial charge < -0.3 is 9.42 Å². The lowest BCUT2D eigenvalue weighted by molar-refractivity contribution is 0.0701. The van der Waals surface area contributed by atoms with E-state index in [9.17, 15) is 4.79 Å². The molecule has 20 heavy (non-hydrogen) atoms. The van der Waals surface area contributed by atoms with E-state index < -0.39 is 0 Å². The van der Waals surface area contributed by atoms with Gasteiger partial charge in [-0.25, -0.2) is 0 Å². The van der Waals surface area contributed by atoms with E-state index >= 15 is 0 Å². The number of amides is 1. The molecule has 106 valence electrons. The Labute approximate surface area is 123 Å². The minimum Gasteiger partial charge on any atom is -0.351 e. The molecule has 0 aliphatic heterocycles. The topological polar surface area (TPSA) is 46.3 Å². The van der Waals surface area contributed by atoms with Crippen LogP contribution in [0.3, 0.4) is 0 Å². The van der Waals surface area contributed by atoms with Crippen molar-refractivity contribution >= 4 is 17.5 Å². The Kier molecular flexibility index (Phi) is 4.45. The van der Waals surface area contributed by atoms with E-state index in [2.05, 4.69) is 5.16 Å². The molecule has 0 aliphatic carbocycles. The highest BCUT2D eigenvalue weighted by atomic mass is 35.5. The Balaban J connectivity index is 2.03. The summed E-state index contributed by atoms with van der Waals surface area (Å²) in [7, 11) is 1.76. The van der Waals surface area contributed by atoms with Crippen LogP contribution in [0.2, 0.25) is 5.02 Å². The second-order valence-electron chi connectivity index (χ2n) is 4.93. The van der Waals surface area contributed by atoms with Gasteiger partial charge in [-0.3, -0.25) is 4.79 Å². The summed E-state index contributed by atoms with van der Waals surface area (Å²) >= 11 is 5.86. The average Bonchev–Trinajstić information content (AvgIpc) is 2.86. The Hall–Kier alpha value is -1.81. The highest BCUT2D eigenvalue weighted by Crippen LogP contribution is 2.14. The number of halogens is 1. The SMILES string of the molecule is Cc1cc(C(=O)N(C)[C@@H](C)Cc2ccc(Cl)cc2)on1. The summed E-state index contributed by atoms with van der Waals surface area (Å²) in [5, 5.41) is 4.45. The third-order valence-corrected chi connectivity index (χ3v) is 3.52. The second-order valence-corrected chi connectivity index (χ2v) is 5.36. The van der Waals surface area contributed by atoms with Crippen molar-refractivity contribution in [3.8, 4) is 0 Å². The normalized spacial score (nSPS) is 12.2. The van der Waals surface area contributed by atoms with Crippen molar-refractivity contribution in [2.45, 2.75) is 26.3 Å². The fraction of sp³-hybridized carbons (Fsp3) is 0.333. The predicted octanol–water partition coefficient (Wildman–Crippen LogP) is 3.34. The zero-order valence-corrected chi connectivity index (χ0v) is 12.5. The number of likely N-dealkylation sites (N-methyl/N-ethyl adjacent to an activating group) is 1. The Bertz CT molecular complexity index is 592. The molecule has 1 heterocycles. The summed E-state index contributed by atoms with van der Waals surface area (Å²) in [5.41, 5.74) is 1.84. The Morgan fingerprint density at radius 3 is 2.60 bits per heavy atom. The Morgan fingerprint density at radius 2 is 2.05 bits per heavy atom. The summed E-state index contributed by atoms with van der Waals surface area (Å²) in [6.07, 6.45) is 0.756. The molecule has 1 atom stereocenters. The molecule has 0 radical (unpaired) electrons. The average molecular weight is 293 g/mol. The third kappa shape index (κ3) is 3.39. The van der Waals surface area contributed by atoms with Crippen LogP contribution in [-0.2, 0) is 6.42 Å². The summed E-state index contributed by atoms with van der Waals surface area (Å²) in [5.74, 6) is 0.111. The first kappa shape index (κ1) is 14.6. The van der Waals surface area contributed by atoms with Crippen LogP contribution >= 0.6 is 11.6 Å². The van der Waals surface area contributed by atoms with Gasteiger partial charge in [0.15, 0.2) is 0 Å². The number of carbonyl (C=O) groups excluding carboxylic acids is 1. The minimum absolute atomic E-state index is 0.0501. The quantitative estimate of drug-likeness (QED) is 0.868. The molecule has 2 rings (SSSR count). The smallest absolute Gasteiger partial charge is 0.292 e. The van der Waals surface area contributed by atoms with Crippen LogP contribution < -0.4 is 0 Å². The highest BCUT2D eigenvalue weighted by Gasteiger charge is 2.21. The lowest BCUT2D eigenvalue weighted by Crippen LogP contribution is -2.36. The molecule has 0 fully saturated rings. The van der Waals surface area contributed by atoms with E-state index in [0.717, 1.165) is 12.0 Å². The summed E-state index contributed by atoms with van der Waals surface area (Å²) in [4.78, 5) is 13.9. The summed E-state index contributed by atoms with van der Waals surface area (Å²) in [6.45, 7) is 3.78. The summed E-state index contributed by atoms with van der Waals surface area (Å²) < 4.78 is 5.00. The van der Waals surface area contributed by atoms with Crippen molar-refractivity contribution in [1.29, 1.82) is 0 Å². The number of hydrogen-bond donors (Lipinski definition) is 0. The monoisotopic (exact) mass is 292 g/mol. The van der Waals surface area contributed by atoms with Crippen molar-refractivity contribution in [3.05, 3.63) is 52.4 Å². The zero-order valence-electron chi connectivity index (χ0n) is 11.8. The van der Waals surface area contributed by atoms with Crippen molar-refractivity contribution in [2.24, 2.45) is 0 Å². The van der Waals surface area contributed by atoms with E-state index in [4.69, 9.17) is 16.1 Å².